The van der Waals surface area contributed by atoms with Crippen molar-refractivity contribution in [2.45, 2.75) is 20.0 Å². The summed E-state index contributed by atoms with van der Waals surface area (Å²) in [4.78, 5) is 14.1. The average molecular weight is 355 g/mol. The zero-order valence-electron chi connectivity index (χ0n) is 14.4. The summed E-state index contributed by atoms with van der Waals surface area (Å²) in [6, 6.07) is 4.76. The molecule has 7 heteroatoms. The predicted octanol–water partition coefficient (Wildman–Crippen LogP) is 3.19. The number of alkyl halides is 2. The molecule has 1 fully saturated rings. The Balaban J connectivity index is 2.12. The van der Waals surface area contributed by atoms with Crippen LogP contribution >= 0.6 is 0 Å². The maximum atomic E-state index is 12.6. The first-order valence-electron chi connectivity index (χ1n) is 8.21. The number of carbonyl (C=O) groups excluding carboxylic acids is 1. The molecular formula is C18H23F2NO4. The summed E-state index contributed by atoms with van der Waals surface area (Å²) in [6.07, 6.45) is 3.78. The van der Waals surface area contributed by atoms with Gasteiger partial charge in [-0.25, -0.2) is 0 Å². The van der Waals surface area contributed by atoms with Crippen LogP contribution in [0.1, 0.15) is 18.9 Å². The SMILES string of the molecule is CCN(CC1CCOC1)C(=O)/C=C\c1cccc(OC)c1OC(F)F. The molecule has 1 aliphatic heterocycles. The fourth-order valence-corrected chi connectivity index (χ4v) is 2.72. The van der Waals surface area contributed by atoms with Gasteiger partial charge in [0.1, 0.15) is 0 Å². The second-order valence-corrected chi connectivity index (χ2v) is 5.70. The van der Waals surface area contributed by atoms with E-state index < -0.39 is 6.61 Å². The summed E-state index contributed by atoms with van der Waals surface area (Å²) in [7, 11) is 1.37. The lowest BCUT2D eigenvalue weighted by Gasteiger charge is -2.22. The third-order valence-electron chi connectivity index (χ3n) is 4.04. The van der Waals surface area contributed by atoms with Crippen molar-refractivity contribution in [3.63, 3.8) is 0 Å². The molecule has 1 saturated heterocycles. The minimum absolute atomic E-state index is 0.0868. The van der Waals surface area contributed by atoms with E-state index in [4.69, 9.17) is 9.47 Å². The summed E-state index contributed by atoms with van der Waals surface area (Å²) in [5.74, 6) is 0.258. The van der Waals surface area contributed by atoms with Crippen LogP contribution < -0.4 is 9.47 Å². The maximum Gasteiger partial charge on any atom is 0.387 e. The van der Waals surface area contributed by atoms with Gasteiger partial charge in [-0.2, -0.15) is 8.78 Å². The first-order chi connectivity index (χ1) is 12.0. The van der Waals surface area contributed by atoms with Crippen molar-refractivity contribution in [2.75, 3.05) is 33.4 Å². The van der Waals surface area contributed by atoms with Crippen LogP contribution in [-0.4, -0.2) is 50.8 Å². The van der Waals surface area contributed by atoms with Crippen molar-refractivity contribution in [2.24, 2.45) is 5.92 Å². The zero-order valence-corrected chi connectivity index (χ0v) is 14.4. The molecule has 0 N–H and O–H groups in total. The van der Waals surface area contributed by atoms with E-state index in [0.717, 1.165) is 13.0 Å². The van der Waals surface area contributed by atoms with Crippen LogP contribution in [0.2, 0.25) is 0 Å². The third kappa shape index (κ3) is 5.42. The van der Waals surface area contributed by atoms with Crippen molar-refractivity contribution in [1.29, 1.82) is 0 Å². The van der Waals surface area contributed by atoms with E-state index in [9.17, 15) is 13.6 Å². The van der Waals surface area contributed by atoms with Gasteiger partial charge in [-0.1, -0.05) is 12.1 Å². The number of amides is 1. The number of benzene rings is 1. The number of hydrogen-bond donors (Lipinski definition) is 0. The molecule has 0 bridgehead atoms. The third-order valence-corrected chi connectivity index (χ3v) is 4.04. The van der Waals surface area contributed by atoms with Gasteiger partial charge in [0.25, 0.3) is 0 Å². The second kappa shape index (κ2) is 9.36. The van der Waals surface area contributed by atoms with Gasteiger partial charge in [0.2, 0.25) is 5.91 Å². The predicted molar refractivity (Wildman–Crippen MR) is 89.8 cm³/mol. The summed E-state index contributed by atoms with van der Waals surface area (Å²) >= 11 is 0. The first kappa shape index (κ1) is 19.2. The van der Waals surface area contributed by atoms with Crippen molar-refractivity contribution in [3.05, 3.63) is 29.8 Å². The molecule has 25 heavy (non-hydrogen) atoms. The Morgan fingerprint density at radius 1 is 1.48 bits per heavy atom. The van der Waals surface area contributed by atoms with E-state index in [0.29, 0.717) is 31.2 Å². The lowest BCUT2D eigenvalue weighted by molar-refractivity contribution is -0.126. The molecule has 1 atom stereocenters. The lowest BCUT2D eigenvalue weighted by atomic mass is 10.1. The lowest BCUT2D eigenvalue weighted by Crippen LogP contribution is -2.34. The molecule has 138 valence electrons. The molecule has 1 aliphatic rings. The Bertz CT molecular complexity index is 601. The average Bonchev–Trinajstić information content (AvgIpc) is 3.11. The van der Waals surface area contributed by atoms with Gasteiger partial charge in [-0.15, -0.1) is 0 Å². The van der Waals surface area contributed by atoms with E-state index in [1.54, 1.807) is 17.0 Å². The van der Waals surface area contributed by atoms with Crippen LogP contribution in [0.15, 0.2) is 24.3 Å². The van der Waals surface area contributed by atoms with Gasteiger partial charge in [0.15, 0.2) is 11.5 Å². The smallest absolute Gasteiger partial charge is 0.387 e. The Labute approximate surface area is 146 Å². The minimum Gasteiger partial charge on any atom is -0.493 e. The van der Waals surface area contributed by atoms with Gasteiger partial charge < -0.3 is 19.1 Å². The van der Waals surface area contributed by atoms with Gasteiger partial charge in [-0.3, -0.25) is 4.79 Å². The topological polar surface area (TPSA) is 48.0 Å². The number of rotatable bonds is 8. The molecule has 0 aromatic heterocycles. The Kier molecular flexibility index (Phi) is 7.18. The van der Waals surface area contributed by atoms with E-state index in [1.165, 1.54) is 25.3 Å². The quantitative estimate of drug-likeness (QED) is 0.672. The highest BCUT2D eigenvalue weighted by molar-refractivity contribution is 5.92. The Morgan fingerprint density at radius 3 is 2.88 bits per heavy atom. The number of halogens is 2. The van der Waals surface area contributed by atoms with Gasteiger partial charge in [0.05, 0.1) is 13.7 Å². The van der Waals surface area contributed by atoms with Crippen LogP contribution in [0.4, 0.5) is 8.78 Å². The molecule has 5 nitrogen and oxygen atoms in total. The highest BCUT2D eigenvalue weighted by atomic mass is 19.3. The molecule has 2 rings (SSSR count). The Morgan fingerprint density at radius 2 is 2.28 bits per heavy atom. The second-order valence-electron chi connectivity index (χ2n) is 5.70. The molecule has 1 unspecified atom stereocenters. The molecule has 1 heterocycles. The fraction of sp³-hybridized carbons (Fsp3) is 0.500. The highest BCUT2D eigenvalue weighted by Gasteiger charge is 2.20. The van der Waals surface area contributed by atoms with Gasteiger partial charge >= 0.3 is 6.61 Å². The Hall–Kier alpha value is -2.15. The van der Waals surface area contributed by atoms with Crippen molar-refractivity contribution in [1.82, 2.24) is 4.90 Å². The van der Waals surface area contributed by atoms with Crippen molar-refractivity contribution < 1.29 is 27.8 Å². The number of ether oxygens (including phenoxy) is 3. The number of likely N-dealkylation sites (N-methyl/N-ethyl adjacent to an activating group) is 1. The van der Waals surface area contributed by atoms with E-state index in [1.807, 2.05) is 6.92 Å². The highest BCUT2D eigenvalue weighted by Crippen LogP contribution is 2.33. The summed E-state index contributed by atoms with van der Waals surface area (Å²) in [6.45, 7) is 1.50. The largest absolute Gasteiger partial charge is 0.493 e. The summed E-state index contributed by atoms with van der Waals surface area (Å²) < 4.78 is 40.2. The van der Waals surface area contributed by atoms with Crippen molar-refractivity contribution in [3.8, 4) is 11.5 Å². The molecule has 0 saturated carbocycles. The number of nitrogens with zero attached hydrogens (tertiary/aromatic N) is 1. The number of hydrogen-bond acceptors (Lipinski definition) is 4. The number of methoxy groups -OCH3 is 1. The van der Waals surface area contributed by atoms with E-state index in [2.05, 4.69) is 4.74 Å². The van der Waals surface area contributed by atoms with Crippen LogP contribution in [0.25, 0.3) is 6.08 Å². The maximum absolute atomic E-state index is 12.6. The number of para-hydroxylation sites is 1. The van der Waals surface area contributed by atoms with Crippen molar-refractivity contribution >= 4 is 12.0 Å². The molecule has 0 spiro atoms. The molecule has 0 aliphatic carbocycles. The zero-order chi connectivity index (χ0) is 18.2. The molecule has 1 aromatic carbocycles. The molecule has 1 aromatic rings. The normalized spacial score (nSPS) is 17.2. The number of carbonyl (C=O) groups is 1. The monoisotopic (exact) mass is 355 g/mol. The minimum atomic E-state index is -2.98. The van der Waals surface area contributed by atoms with Crippen LogP contribution in [-0.2, 0) is 9.53 Å². The van der Waals surface area contributed by atoms with Gasteiger partial charge in [-0.05, 0) is 25.5 Å². The van der Waals surface area contributed by atoms with Crippen LogP contribution in [0, 0.1) is 5.92 Å². The standard InChI is InChI=1S/C18H23F2NO4/c1-3-21(11-13-9-10-24-12-13)16(22)8-7-14-5-4-6-15(23-2)17(14)25-18(19)20/h4-8,13,18H,3,9-12H2,1-2H3/b8-7-. The van der Waals surface area contributed by atoms with E-state index >= 15 is 0 Å². The fourth-order valence-electron chi connectivity index (χ4n) is 2.72. The summed E-state index contributed by atoms with van der Waals surface area (Å²) in [5, 5.41) is 0. The first-order valence-corrected chi connectivity index (χ1v) is 8.21. The van der Waals surface area contributed by atoms with Crippen LogP contribution in [0.5, 0.6) is 11.5 Å². The molecular weight excluding hydrogens is 332 g/mol. The van der Waals surface area contributed by atoms with Crippen LogP contribution in [0.3, 0.4) is 0 Å². The summed E-state index contributed by atoms with van der Waals surface area (Å²) in [5.41, 5.74) is 0.355. The molecule has 0 radical (unpaired) electrons. The van der Waals surface area contributed by atoms with E-state index in [-0.39, 0.29) is 17.4 Å². The molecule has 1 amide bonds. The van der Waals surface area contributed by atoms with Gasteiger partial charge in [0, 0.05) is 37.3 Å².